The van der Waals surface area contributed by atoms with Gasteiger partial charge in [-0.15, -0.1) is 0 Å². The van der Waals surface area contributed by atoms with Gasteiger partial charge in [0.1, 0.15) is 11.5 Å². The second-order valence-corrected chi connectivity index (χ2v) is 4.67. The number of methoxy groups -OCH3 is 1. The summed E-state index contributed by atoms with van der Waals surface area (Å²) in [5, 5.41) is 0. The topological polar surface area (TPSA) is 26.3 Å². The number of hydrogen-bond donors (Lipinski definition) is 0. The second kappa shape index (κ2) is 7.31. The van der Waals surface area contributed by atoms with Gasteiger partial charge in [-0.3, -0.25) is 4.79 Å². The van der Waals surface area contributed by atoms with Crippen LogP contribution in [0.4, 0.5) is 13.2 Å². The molecule has 0 radical (unpaired) electrons. The van der Waals surface area contributed by atoms with Gasteiger partial charge < -0.3 is 4.74 Å². The van der Waals surface area contributed by atoms with Crippen molar-refractivity contribution in [1.82, 2.24) is 0 Å². The molecule has 112 valence electrons. The van der Waals surface area contributed by atoms with Crippen LogP contribution < -0.4 is 4.74 Å². The van der Waals surface area contributed by atoms with Gasteiger partial charge in [-0.05, 0) is 43.0 Å². The lowest BCUT2D eigenvalue weighted by Gasteiger charge is -2.12. The SMILES string of the molecule is CCCC(=O)CCCc1cc(C(F)(F)F)ccc1OC. The van der Waals surface area contributed by atoms with Gasteiger partial charge in [0, 0.05) is 12.8 Å². The van der Waals surface area contributed by atoms with Gasteiger partial charge in [-0.2, -0.15) is 13.2 Å². The van der Waals surface area contributed by atoms with Crippen molar-refractivity contribution in [3.8, 4) is 5.75 Å². The van der Waals surface area contributed by atoms with Crippen LogP contribution in [0.1, 0.15) is 43.7 Å². The monoisotopic (exact) mass is 288 g/mol. The molecule has 20 heavy (non-hydrogen) atoms. The summed E-state index contributed by atoms with van der Waals surface area (Å²) in [7, 11) is 1.42. The van der Waals surface area contributed by atoms with E-state index in [4.69, 9.17) is 4.74 Å². The number of carbonyl (C=O) groups excluding carboxylic acids is 1. The molecule has 1 aromatic rings. The first-order chi connectivity index (χ1) is 9.38. The number of hydrogen-bond acceptors (Lipinski definition) is 2. The smallest absolute Gasteiger partial charge is 0.416 e. The minimum atomic E-state index is -4.36. The van der Waals surface area contributed by atoms with E-state index in [2.05, 4.69) is 0 Å². The van der Waals surface area contributed by atoms with E-state index in [1.807, 2.05) is 6.92 Å². The first kappa shape index (κ1) is 16.5. The number of ketones is 1. The number of benzene rings is 1. The fraction of sp³-hybridized carbons (Fsp3) is 0.533. The summed E-state index contributed by atoms with van der Waals surface area (Å²) in [6.45, 7) is 1.92. The Morgan fingerprint density at radius 2 is 1.95 bits per heavy atom. The van der Waals surface area contributed by atoms with Gasteiger partial charge in [0.2, 0.25) is 0 Å². The quantitative estimate of drug-likeness (QED) is 0.743. The van der Waals surface area contributed by atoms with E-state index in [-0.39, 0.29) is 5.78 Å². The van der Waals surface area contributed by atoms with Crippen molar-refractivity contribution >= 4 is 5.78 Å². The first-order valence-electron chi connectivity index (χ1n) is 6.64. The molecule has 0 fully saturated rings. The normalized spacial score (nSPS) is 11.4. The molecule has 0 bridgehead atoms. The third-order valence-electron chi connectivity index (χ3n) is 3.04. The fourth-order valence-electron chi connectivity index (χ4n) is 2.03. The molecule has 5 heteroatoms. The zero-order valence-corrected chi connectivity index (χ0v) is 11.7. The molecule has 0 aliphatic carbocycles. The Kier molecular flexibility index (Phi) is 6.05. The number of Topliss-reactive ketones (excluding diaryl/α,β-unsaturated/α-hetero) is 1. The van der Waals surface area contributed by atoms with Crippen LogP contribution in [-0.4, -0.2) is 12.9 Å². The molecule has 0 N–H and O–H groups in total. The predicted molar refractivity (Wildman–Crippen MR) is 70.8 cm³/mol. The highest BCUT2D eigenvalue weighted by Crippen LogP contribution is 2.33. The maximum absolute atomic E-state index is 12.7. The molecular weight excluding hydrogens is 269 g/mol. The van der Waals surface area contributed by atoms with Gasteiger partial charge in [-0.1, -0.05) is 6.92 Å². The van der Waals surface area contributed by atoms with Crippen LogP contribution in [0.5, 0.6) is 5.75 Å². The molecule has 1 rings (SSSR count). The molecule has 0 amide bonds. The molecule has 0 aliphatic rings. The Hall–Kier alpha value is -1.52. The molecule has 0 unspecified atom stereocenters. The number of carbonyl (C=O) groups is 1. The fourth-order valence-corrected chi connectivity index (χ4v) is 2.03. The Morgan fingerprint density at radius 3 is 2.50 bits per heavy atom. The molecular formula is C15H19F3O2. The van der Waals surface area contributed by atoms with Crippen LogP contribution in [-0.2, 0) is 17.4 Å². The maximum Gasteiger partial charge on any atom is 0.416 e. The summed E-state index contributed by atoms with van der Waals surface area (Å²) in [6.07, 6.45) is -1.70. The lowest BCUT2D eigenvalue weighted by molar-refractivity contribution is -0.137. The van der Waals surface area contributed by atoms with E-state index < -0.39 is 11.7 Å². The van der Waals surface area contributed by atoms with E-state index in [1.165, 1.54) is 13.2 Å². The molecule has 0 heterocycles. The molecule has 0 aromatic heterocycles. The number of alkyl halides is 3. The summed E-state index contributed by atoms with van der Waals surface area (Å²) in [4.78, 5) is 11.4. The van der Waals surface area contributed by atoms with Gasteiger partial charge in [0.05, 0.1) is 12.7 Å². The zero-order valence-electron chi connectivity index (χ0n) is 11.7. The highest BCUT2D eigenvalue weighted by molar-refractivity contribution is 5.78. The van der Waals surface area contributed by atoms with Crippen LogP contribution >= 0.6 is 0 Å². The van der Waals surface area contributed by atoms with Crippen molar-refractivity contribution in [1.29, 1.82) is 0 Å². The van der Waals surface area contributed by atoms with Crippen molar-refractivity contribution in [3.63, 3.8) is 0 Å². The highest BCUT2D eigenvalue weighted by Gasteiger charge is 2.31. The van der Waals surface area contributed by atoms with Crippen molar-refractivity contribution < 1.29 is 22.7 Å². The van der Waals surface area contributed by atoms with Gasteiger partial charge in [0.15, 0.2) is 0 Å². The number of ether oxygens (including phenoxy) is 1. The molecule has 0 saturated carbocycles. The molecule has 2 nitrogen and oxygen atoms in total. The highest BCUT2D eigenvalue weighted by atomic mass is 19.4. The average molecular weight is 288 g/mol. The third kappa shape index (κ3) is 4.87. The van der Waals surface area contributed by atoms with E-state index in [0.29, 0.717) is 37.0 Å². The summed E-state index contributed by atoms with van der Waals surface area (Å²) in [5.41, 5.74) is -0.195. The summed E-state index contributed by atoms with van der Waals surface area (Å²) >= 11 is 0. The van der Waals surface area contributed by atoms with Crippen molar-refractivity contribution in [3.05, 3.63) is 29.3 Å². The van der Waals surface area contributed by atoms with E-state index >= 15 is 0 Å². The van der Waals surface area contributed by atoms with Crippen LogP contribution in [0.3, 0.4) is 0 Å². The largest absolute Gasteiger partial charge is 0.496 e. The Morgan fingerprint density at radius 1 is 1.25 bits per heavy atom. The van der Waals surface area contributed by atoms with Crippen LogP contribution in [0, 0.1) is 0 Å². The van der Waals surface area contributed by atoms with Crippen LogP contribution in [0.25, 0.3) is 0 Å². The molecule has 0 spiro atoms. The lowest BCUT2D eigenvalue weighted by Crippen LogP contribution is -2.06. The molecule has 0 atom stereocenters. The minimum absolute atomic E-state index is 0.151. The van der Waals surface area contributed by atoms with Crippen LogP contribution in [0.15, 0.2) is 18.2 Å². The Labute approximate surface area is 116 Å². The minimum Gasteiger partial charge on any atom is -0.496 e. The third-order valence-corrected chi connectivity index (χ3v) is 3.04. The first-order valence-corrected chi connectivity index (χ1v) is 6.64. The number of rotatable bonds is 7. The van der Waals surface area contributed by atoms with Gasteiger partial charge in [0.25, 0.3) is 0 Å². The second-order valence-electron chi connectivity index (χ2n) is 4.67. The Balaban J connectivity index is 2.74. The lowest BCUT2D eigenvalue weighted by atomic mass is 10.0. The summed E-state index contributed by atoms with van der Waals surface area (Å²) in [5.74, 6) is 0.583. The van der Waals surface area contributed by atoms with E-state index in [0.717, 1.165) is 18.6 Å². The maximum atomic E-state index is 12.7. The van der Waals surface area contributed by atoms with Crippen molar-refractivity contribution in [2.75, 3.05) is 7.11 Å². The number of halogens is 3. The van der Waals surface area contributed by atoms with Crippen molar-refractivity contribution in [2.24, 2.45) is 0 Å². The van der Waals surface area contributed by atoms with E-state index in [9.17, 15) is 18.0 Å². The van der Waals surface area contributed by atoms with E-state index in [1.54, 1.807) is 0 Å². The molecule has 0 aliphatic heterocycles. The predicted octanol–water partition coefficient (Wildman–Crippen LogP) is 4.41. The summed E-state index contributed by atoms with van der Waals surface area (Å²) < 4.78 is 43.0. The van der Waals surface area contributed by atoms with Gasteiger partial charge >= 0.3 is 6.18 Å². The van der Waals surface area contributed by atoms with Crippen LogP contribution in [0.2, 0.25) is 0 Å². The standard InChI is InChI=1S/C15H19F3O2/c1-3-5-13(19)7-4-6-11-10-12(15(16,17)18)8-9-14(11)20-2/h8-10H,3-7H2,1-2H3. The number of aryl methyl sites for hydroxylation is 1. The molecule has 0 saturated heterocycles. The zero-order chi connectivity index (χ0) is 15.2. The molecule has 1 aromatic carbocycles. The Bertz CT molecular complexity index is 453. The van der Waals surface area contributed by atoms with Crippen molar-refractivity contribution in [2.45, 2.75) is 45.2 Å². The van der Waals surface area contributed by atoms with Gasteiger partial charge in [-0.25, -0.2) is 0 Å². The average Bonchev–Trinajstić information content (AvgIpc) is 2.38. The summed E-state index contributed by atoms with van der Waals surface area (Å²) in [6, 6.07) is 3.43.